The maximum absolute atomic E-state index is 4.45. The Hall–Kier alpha value is -0.830. The van der Waals surface area contributed by atoms with Crippen molar-refractivity contribution in [1.29, 1.82) is 0 Å². The van der Waals surface area contributed by atoms with E-state index in [4.69, 9.17) is 0 Å². The number of aromatic nitrogens is 2. The lowest BCUT2D eigenvalue weighted by atomic mass is 10.1. The maximum atomic E-state index is 4.45. The number of hydrogen-bond acceptors (Lipinski definition) is 2. The minimum absolute atomic E-state index is 0.593. The molecule has 1 aromatic rings. The van der Waals surface area contributed by atoms with Gasteiger partial charge in [0, 0.05) is 18.3 Å². The van der Waals surface area contributed by atoms with E-state index < -0.39 is 0 Å². The first-order valence-electron chi connectivity index (χ1n) is 5.94. The van der Waals surface area contributed by atoms with E-state index in [0.29, 0.717) is 6.04 Å². The second-order valence-corrected chi connectivity index (χ2v) is 4.09. The number of nitrogens with zero attached hydrogens (tertiary/aromatic N) is 2. The zero-order chi connectivity index (χ0) is 11.3. The number of hydrogen-bond donors (Lipinski definition) is 1. The van der Waals surface area contributed by atoms with Crippen molar-refractivity contribution in [3.63, 3.8) is 0 Å². The van der Waals surface area contributed by atoms with Gasteiger partial charge in [0.25, 0.3) is 0 Å². The molecule has 1 heterocycles. The van der Waals surface area contributed by atoms with Crippen molar-refractivity contribution in [3.8, 4) is 0 Å². The van der Waals surface area contributed by atoms with Gasteiger partial charge in [-0.15, -0.1) is 0 Å². The summed E-state index contributed by atoms with van der Waals surface area (Å²) >= 11 is 0. The summed E-state index contributed by atoms with van der Waals surface area (Å²) in [5.41, 5.74) is 2.49. The Balaban J connectivity index is 2.49. The van der Waals surface area contributed by atoms with Crippen LogP contribution in [0, 0.1) is 6.92 Å². The fourth-order valence-electron chi connectivity index (χ4n) is 1.89. The molecule has 0 saturated carbocycles. The van der Waals surface area contributed by atoms with Gasteiger partial charge in [0.05, 0.1) is 5.69 Å². The van der Waals surface area contributed by atoms with Crippen LogP contribution in [0.25, 0.3) is 0 Å². The summed E-state index contributed by atoms with van der Waals surface area (Å²) in [5, 5.41) is 7.88. The van der Waals surface area contributed by atoms with Gasteiger partial charge in [-0.3, -0.25) is 4.68 Å². The van der Waals surface area contributed by atoms with E-state index in [9.17, 15) is 0 Å². The molecule has 0 bridgehead atoms. The largest absolute Gasteiger partial charge is 0.315 e. The molecule has 1 N–H and O–H groups in total. The van der Waals surface area contributed by atoms with E-state index in [-0.39, 0.29) is 0 Å². The Labute approximate surface area is 92.9 Å². The summed E-state index contributed by atoms with van der Waals surface area (Å²) in [6, 6.07) is 2.79. The monoisotopic (exact) mass is 209 g/mol. The van der Waals surface area contributed by atoms with Crippen LogP contribution in [0.1, 0.15) is 38.6 Å². The Kier molecular flexibility index (Phi) is 4.82. The number of rotatable bonds is 6. The molecule has 1 aromatic heterocycles. The zero-order valence-corrected chi connectivity index (χ0v) is 10.4. The second-order valence-electron chi connectivity index (χ2n) is 4.09. The molecule has 3 heteroatoms. The molecular weight excluding hydrogens is 186 g/mol. The molecule has 0 fully saturated rings. The van der Waals surface area contributed by atoms with Crippen LogP contribution in [0.2, 0.25) is 0 Å². The predicted molar refractivity (Wildman–Crippen MR) is 64.1 cm³/mol. The van der Waals surface area contributed by atoms with Crippen LogP contribution in [0.3, 0.4) is 0 Å². The molecule has 15 heavy (non-hydrogen) atoms. The fourth-order valence-corrected chi connectivity index (χ4v) is 1.89. The lowest BCUT2D eigenvalue weighted by Gasteiger charge is -2.12. The summed E-state index contributed by atoms with van der Waals surface area (Å²) in [7, 11) is 0. The van der Waals surface area contributed by atoms with Crippen molar-refractivity contribution in [2.24, 2.45) is 0 Å². The van der Waals surface area contributed by atoms with Gasteiger partial charge in [-0.25, -0.2) is 0 Å². The Morgan fingerprint density at radius 1 is 1.47 bits per heavy atom. The highest BCUT2D eigenvalue weighted by Crippen LogP contribution is 2.08. The highest BCUT2D eigenvalue weighted by molar-refractivity contribution is 5.09. The average molecular weight is 209 g/mol. The van der Waals surface area contributed by atoms with Gasteiger partial charge in [-0.1, -0.05) is 6.92 Å². The van der Waals surface area contributed by atoms with Crippen molar-refractivity contribution in [1.82, 2.24) is 15.1 Å². The third-order valence-electron chi connectivity index (χ3n) is 2.67. The molecule has 3 nitrogen and oxygen atoms in total. The molecule has 0 spiro atoms. The molecule has 0 radical (unpaired) electrons. The first-order valence-corrected chi connectivity index (χ1v) is 5.94. The zero-order valence-electron chi connectivity index (χ0n) is 10.4. The van der Waals surface area contributed by atoms with Crippen molar-refractivity contribution in [2.45, 2.75) is 53.1 Å². The molecule has 0 aliphatic heterocycles. The highest BCUT2D eigenvalue weighted by Gasteiger charge is 2.06. The number of nitrogens with one attached hydrogen (secondary N) is 1. The third-order valence-corrected chi connectivity index (χ3v) is 2.67. The molecule has 1 rings (SSSR count). The SMILES string of the molecule is CCNC(C)CCc1cc(C)nn1CC. The average Bonchev–Trinajstić information content (AvgIpc) is 2.56. The highest BCUT2D eigenvalue weighted by atomic mass is 15.3. The van der Waals surface area contributed by atoms with E-state index >= 15 is 0 Å². The minimum Gasteiger partial charge on any atom is -0.315 e. The quantitative estimate of drug-likeness (QED) is 0.778. The smallest absolute Gasteiger partial charge is 0.0596 e. The molecular formula is C12H23N3. The van der Waals surface area contributed by atoms with Crippen LogP contribution >= 0.6 is 0 Å². The van der Waals surface area contributed by atoms with Crippen LogP contribution in [-0.4, -0.2) is 22.4 Å². The minimum atomic E-state index is 0.593. The van der Waals surface area contributed by atoms with Gasteiger partial charge in [-0.2, -0.15) is 5.10 Å². The van der Waals surface area contributed by atoms with Gasteiger partial charge >= 0.3 is 0 Å². The van der Waals surface area contributed by atoms with Crippen molar-refractivity contribution in [3.05, 3.63) is 17.5 Å². The summed E-state index contributed by atoms with van der Waals surface area (Å²) in [4.78, 5) is 0. The van der Waals surface area contributed by atoms with Crippen molar-refractivity contribution >= 4 is 0 Å². The second kappa shape index (κ2) is 5.91. The summed E-state index contributed by atoms with van der Waals surface area (Å²) in [6.45, 7) is 10.6. The summed E-state index contributed by atoms with van der Waals surface area (Å²) < 4.78 is 2.11. The molecule has 86 valence electrons. The van der Waals surface area contributed by atoms with E-state index in [1.807, 2.05) is 0 Å². The Morgan fingerprint density at radius 3 is 2.80 bits per heavy atom. The molecule has 0 aromatic carbocycles. The van der Waals surface area contributed by atoms with E-state index in [0.717, 1.165) is 25.2 Å². The lowest BCUT2D eigenvalue weighted by molar-refractivity contribution is 0.513. The Bertz CT molecular complexity index is 291. The van der Waals surface area contributed by atoms with Gasteiger partial charge in [0.15, 0.2) is 0 Å². The van der Waals surface area contributed by atoms with E-state index in [1.165, 1.54) is 12.1 Å². The molecule has 0 saturated heterocycles. The van der Waals surface area contributed by atoms with Gasteiger partial charge in [-0.05, 0) is 46.2 Å². The van der Waals surface area contributed by atoms with Crippen LogP contribution in [0.4, 0.5) is 0 Å². The lowest BCUT2D eigenvalue weighted by Crippen LogP contribution is -2.26. The normalized spacial score (nSPS) is 13.1. The van der Waals surface area contributed by atoms with Crippen LogP contribution in [0.15, 0.2) is 6.07 Å². The molecule has 1 unspecified atom stereocenters. The summed E-state index contributed by atoms with van der Waals surface area (Å²) in [6.07, 6.45) is 2.29. The predicted octanol–water partition coefficient (Wildman–Crippen LogP) is 2.14. The van der Waals surface area contributed by atoms with Gasteiger partial charge in [0.1, 0.15) is 0 Å². The topological polar surface area (TPSA) is 29.9 Å². The van der Waals surface area contributed by atoms with Gasteiger partial charge < -0.3 is 5.32 Å². The molecule has 0 aliphatic carbocycles. The van der Waals surface area contributed by atoms with Crippen molar-refractivity contribution < 1.29 is 0 Å². The molecule has 0 amide bonds. The van der Waals surface area contributed by atoms with Gasteiger partial charge in [0.2, 0.25) is 0 Å². The Morgan fingerprint density at radius 2 is 2.20 bits per heavy atom. The first kappa shape index (κ1) is 12.2. The third kappa shape index (κ3) is 3.67. The number of aryl methyl sites for hydroxylation is 3. The standard InChI is InChI=1S/C12H23N3/c1-5-13-10(3)7-8-12-9-11(4)14-15(12)6-2/h9-10,13H,5-8H2,1-4H3. The van der Waals surface area contributed by atoms with Crippen molar-refractivity contribution in [2.75, 3.05) is 6.54 Å². The maximum Gasteiger partial charge on any atom is 0.0596 e. The summed E-state index contributed by atoms with van der Waals surface area (Å²) in [5.74, 6) is 0. The fraction of sp³-hybridized carbons (Fsp3) is 0.750. The molecule has 0 aliphatic rings. The first-order chi connectivity index (χ1) is 7.17. The van der Waals surface area contributed by atoms with Crippen LogP contribution in [-0.2, 0) is 13.0 Å². The van der Waals surface area contributed by atoms with E-state index in [1.54, 1.807) is 0 Å². The van der Waals surface area contributed by atoms with Crippen LogP contribution < -0.4 is 5.32 Å². The van der Waals surface area contributed by atoms with Crippen LogP contribution in [0.5, 0.6) is 0 Å². The molecule has 1 atom stereocenters. The van der Waals surface area contributed by atoms with E-state index in [2.05, 4.69) is 48.9 Å².